The number of aromatic nitrogens is 2. The zero-order valence-electron chi connectivity index (χ0n) is 13.3. The minimum atomic E-state index is -0.691. The van der Waals surface area contributed by atoms with E-state index < -0.39 is 11.7 Å². The van der Waals surface area contributed by atoms with Crippen LogP contribution < -0.4 is 14.8 Å². The predicted molar refractivity (Wildman–Crippen MR) is 89.5 cm³/mol. The predicted octanol–water partition coefficient (Wildman–Crippen LogP) is 3.67. The number of ether oxygens (including phenoxy) is 2. The third kappa shape index (κ3) is 3.89. The molecule has 1 N–H and O–H groups in total. The Balaban J connectivity index is 1.70. The number of rotatable bonds is 5. The van der Waals surface area contributed by atoms with Gasteiger partial charge in [0.2, 0.25) is 5.88 Å². The fraction of sp³-hybridized carbons (Fsp3) is 0.0556. The van der Waals surface area contributed by atoms with Crippen molar-refractivity contribution < 1.29 is 18.7 Å². The molecule has 0 spiro atoms. The number of para-hydroxylation sites is 2. The summed E-state index contributed by atoms with van der Waals surface area (Å²) in [4.78, 5) is 19.8. The van der Waals surface area contributed by atoms with Gasteiger partial charge in [-0.15, -0.1) is 0 Å². The molecule has 2 heterocycles. The lowest BCUT2D eigenvalue weighted by Crippen LogP contribution is -2.14. The van der Waals surface area contributed by atoms with Crippen molar-refractivity contribution in [1.29, 1.82) is 0 Å². The van der Waals surface area contributed by atoms with Gasteiger partial charge in [-0.3, -0.25) is 9.78 Å². The van der Waals surface area contributed by atoms with Crippen LogP contribution in [0.3, 0.4) is 0 Å². The van der Waals surface area contributed by atoms with E-state index in [-0.39, 0.29) is 5.56 Å². The Morgan fingerprint density at radius 1 is 1.08 bits per heavy atom. The van der Waals surface area contributed by atoms with Gasteiger partial charge in [0.1, 0.15) is 0 Å². The average Bonchev–Trinajstić information content (AvgIpc) is 2.64. The van der Waals surface area contributed by atoms with Gasteiger partial charge in [0.15, 0.2) is 17.3 Å². The molecule has 0 fully saturated rings. The second-order valence-corrected chi connectivity index (χ2v) is 4.95. The van der Waals surface area contributed by atoms with Crippen LogP contribution in [0.15, 0.2) is 61.1 Å². The Morgan fingerprint density at radius 3 is 2.56 bits per heavy atom. The Hall–Kier alpha value is -3.48. The number of carbonyl (C=O) groups is 1. The summed E-state index contributed by atoms with van der Waals surface area (Å²) in [5.41, 5.74) is 0.318. The van der Waals surface area contributed by atoms with Crippen LogP contribution in [0.25, 0.3) is 0 Å². The fourth-order valence-electron chi connectivity index (χ4n) is 2.09. The number of nitrogens with zero attached hydrogens (tertiary/aromatic N) is 2. The molecular weight excluding hydrogens is 325 g/mol. The lowest BCUT2D eigenvalue weighted by Gasteiger charge is -2.10. The number of carbonyl (C=O) groups excluding carboxylic acids is 1. The third-order valence-corrected chi connectivity index (χ3v) is 3.29. The molecule has 0 aliphatic rings. The van der Waals surface area contributed by atoms with E-state index in [1.165, 1.54) is 18.5 Å². The van der Waals surface area contributed by atoms with Crippen LogP contribution in [0.4, 0.5) is 10.1 Å². The van der Waals surface area contributed by atoms with Gasteiger partial charge in [-0.05, 0) is 24.3 Å². The molecule has 1 aromatic carbocycles. The lowest BCUT2D eigenvalue weighted by atomic mass is 10.2. The first-order valence-electron chi connectivity index (χ1n) is 7.35. The Labute approximate surface area is 143 Å². The van der Waals surface area contributed by atoms with Gasteiger partial charge in [0.05, 0.1) is 30.8 Å². The molecule has 0 radical (unpaired) electrons. The Morgan fingerprint density at radius 2 is 1.88 bits per heavy atom. The first-order valence-corrected chi connectivity index (χ1v) is 7.35. The van der Waals surface area contributed by atoms with Crippen LogP contribution in [-0.4, -0.2) is 23.0 Å². The van der Waals surface area contributed by atoms with Crippen molar-refractivity contribution in [3.8, 4) is 17.4 Å². The van der Waals surface area contributed by atoms with Crippen LogP contribution in [-0.2, 0) is 0 Å². The highest BCUT2D eigenvalue weighted by Crippen LogP contribution is 2.30. The molecule has 1 amide bonds. The topological polar surface area (TPSA) is 73.3 Å². The summed E-state index contributed by atoms with van der Waals surface area (Å²) in [6.45, 7) is 0. The zero-order chi connectivity index (χ0) is 17.6. The summed E-state index contributed by atoms with van der Waals surface area (Å²) >= 11 is 0. The van der Waals surface area contributed by atoms with Crippen LogP contribution in [0.2, 0.25) is 0 Å². The molecule has 0 bridgehead atoms. The van der Waals surface area contributed by atoms with Gasteiger partial charge in [0.25, 0.3) is 5.91 Å². The molecule has 3 aromatic rings. The first-order chi connectivity index (χ1) is 12.2. The van der Waals surface area contributed by atoms with Gasteiger partial charge in [-0.2, -0.15) is 0 Å². The van der Waals surface area contributed by atoms with E-state index in [1.54, 1.807) is 31.4 Å². The molecule has 0 aliphatic heterocycles. The molecule has 0 saturated carbocycles. The monoisotopic (exact) mass is 339 g/mol. The second kappa shape index (κ2) is 7.39. The van der Waals surface area contributed by atoms with E-state index in [9.17, 15) is 9.18 Å². The van der Waals surface area contributed by atoms with E-state index in [4.69, 9.17) is 9.47 Å². The summed E-state index contributed by atoms with van der Waals surface area (Å²) in [7, 11) is 1.55. The second-order valence-electron chi connectivity index (χ2n) is 4.95. The highest BCUT2D eigenvalue weighted by Gasteiger charge is 2.12. The molecule has 3 rings (SSSR count). The maximum atomic E-state index is 13.5. The Bertz CT molecular complexity index is 885. The largest absolute Gasteiger partial charge is 0.493 e. The summed E-state index contributed by atoms with van der Waals surface area (Å²) in [5.74, 6) is 0.157. The van der Waals surface area contributed by atoms with Gasteiger partial charge >= 0.3 is 0 Å². The molecule has 6 nitrogen and oxygen atoms in total. The Kier molecular flexibility index (Phi) is 4.84. The zero-order valence-corrected chi connectivity index (χ0v) is 13.3. The van der Waals surface area contributed by atoms with E-state index in [1.807, 2.05) is 12.1 Å². The molecule has 7 heteroatoms. The minimum Gasteiger partial charge on any atom is -0.493 e. The van der Waals surface area contributed by atoms with Crippen molar-refractivity contribution in [3.63, 3.8) is 0 Å². The maximum Gasteiger partial charge on any atom is 0.258 e. The molecule has 0 unspecified atom stereocenters. The van der Waals surface area contributed by atoms with Crippen molar-refractivity contribution in [2.45, 2.75) is 0 Å². The first kappa shape index (κ1) is 16.4. The smallest absolute Gasteiger partial charge is 0.258 e. The number of nitrogens with one attached hydrogen (secondary N) is 1. The number of anilines is 1. The summed E-state index contributed by atoms with van der Waals surface area (Å²) < 4.78 is 24.4. The summed E-state index contributed by atoms with van der Waals surface area (Å²) in [6, 6.07) is 11.7. The number of halogens is 1. The highest BCUT2D eigenvalue weighted by molar-refractivity contribution is 6.04. The SMILES string of the molecule is COc1ccccc1Oc1ccc(NC(=O)c2ccncc2F)cn1. The van der Waals surface area contributed by atoms with Crippen molar-refractivity contribution >= 4 is 11.6 Å². The van der Waals surface area contributed by atoms with E-state index in [0.717, 1.165) is 6.20 Å². The van der Waals surface area contributed by atoms with Gasteiger partial charge in [0, 0.05) is 12.3 Å². The lowest BCUT2D eigenvalue weighted by molar-refractivity contribution is 0.102. The van der Waals surface area contributed by atoms with Crippen LogP contribution >= 0.6 is 0 Å². The van der Waals surface area contributed by atoms with Crippen LogP contribution in [0.1, 0.15) is 10.4 Å². The quantitative estimate of drug-likeness (QED) is 0.768. The van der Waals surface area contributed by atoms with E-state index in [2.05, 4.69) is 15.3 Å². The number of pyridine rings is 2. The fourth-order valence-corrected chi connectivity index (χ4v) is 2.09. The molecule has 0 aliphatic carbocycles. The molecule has 25 heavy (non-hydrogen) atoms. The van der Waals surface area contributed by atoms with Crippen LogP contribution in [0.5, 0.6) is 17.4 Å². The van der Waals surface area contributed by atoms with E-state index in [0.29, 0.717) is 23.1 Å². The van der Waals surface area contributed by atoms with E-state index >= 15 is 0 Å². The van der Waals surface area contributed by atoms with Crippen molar-refractivity contribution in [3.05, 3.63) is 72.4 Å². The molecule has 2 aromatic heterocycles. The van der Waals surface area contributed by atoms with Crippen molar-refractivity contribution in [2.24, 2.45) is 0 Å². The summed E-state index contributed by atoms with van der Waals surface area (Å²) in [6.07, 6.45) is 3.75. The van der Waals surface area contributed by atoms with Crippen molar-refractivity contribution in [2.75, 3.05) is 12.4 Å². The number of hydrogen-bond donors (Lipinski definition) is 1. The normalized spacial score (nSPS) is 10.2. The average molecular weight is 339 g/mol. The van der Waals surface area contributed by atoms with Crippen molar-refractivity contribution in [1.82, 2.24) is 9.97 Å². The number of hydrogen-bond acceptors (Lipinski definition) is 5. The third-order valence-electron chi connectivity index (χ3n) is 3.29. The van der Waals surface area contributed by atoms with Crippen LogP contribution in [0, 0.1) is 5.82 Å². The molecular formula is C18H14FN3O3. The maximum absolute atomic E-state index is 13.5. The molecule has 0 saturated heterocycles. The van der Waals surface area contributed by atoms with Gasteiger partial charge in [-0.1, -0.05) is 12.1 Å². The molecule has 0 atom stereocenters. The number of benzene rings is 1. The molecule has 126 valence electrons. The number of amides is 1. The van der Waals surface area contributed by atoms with Gasteiger partial charge < -0.3 is 14.8 Å². The highest BCUT2D eigenvalue weighted by atomic mass is 19.1. The summed E-state index contributed by atoms with van der Waals surface area (Å²) in [5, 5.41) is 2.56. The van der Waals surface area contributed by atoms with Gasteiger partial charge in [-0.25, -0.2) is 9.37 Å². The number of methoxy groups -OCH3 is 1. The standard InChI is InChI=1S/C18H14FN3O3/c1-24-15-4-2-3-5-16(15)25-17-7-6-12(10-21-17)22-18(23)13-8-9-20-11-14(13)19/h2-11H,1H3,(H,22,23). The minimum absolute atomic E-state index is 0.0932.